The molecule has 2 aromatic rings. The second-order valence-corrected chi connectivity index (χ2v) is 6.39. The molecule has 0 amide bonds. The Balaban J connectivity index is 2.20. The Hall–Kier alpha value is -1.18. The number of rotatable bonds is 4. The number of benzene rings is 1. The number of anilines is 1. The Morgan fingerprint density at radius 1 is 1.58 bits per heavy atom. The fourth-order valence-electron chi connectivity index (χ4n) is 1.53. The Bertz CT molecular complexity index is 632. The Kier molecular flexibility index (Phi) is 4.38. The summed E-state index contributed by atoms with van der Waals surface area (Å²) in [6.07, 6.45) is 1.58. The van der Waals surface area contributed by atoms with Gasteiger partial charge < -0.3 is 5.32 Å². The Morgan fingerprint density at radius 2 is 2.32 bits per heavy atom. The van der Waals surface area contributed by atoms with Gasteiger partial charge in [-0.15, -0.1) is 11.3 Å². The molecule has 8 heteroatoms. The predicted molar refractivity (Wildman–Crippen MR) is 80.0 cm³/mol. The zero-order valence-corrected chi connectivity index (χ0v) is 13.0. The van der Waals surface area contributed by atoms with Crippen LogP contribution >= 0.6 is 38.9 Å². The van der Waals surface area contributed by atoms with Gasteiger partial charge >= 0.3 is 0 Å². The lowest BCUT2D eigenvalue weighted by atomic mass is 10.2. The quantitative estimate of drug-likeness (QED) is 0.647. The molecule has 0 aliphatic rings. The van der Waals surface area contributed by atoms with Gasteiger partial charge in [-0.05, 0) is 28.9 Å². The van der Waals surface area contributed by atoms with Crippen molar-refractivity contribution in [3.05, 3.63) is 47.8 Å². The van der Waals surface area contributed by atoms with Crippen molar-refractivity contribution in [2.24, 2.45) is 0 Å². The highest BCUT2D eigenvalue weighted by Gasteiger charge is 2.14. The second-order valence-electron chi connectivity index (χ2n) is 3.79. The minimum absolute atomic E-state index is 0.0860. The third-order valence-electron chi connectivity index (χ3n) is 2.44. The van der Waals surface area contributed by atoms with Gasteiger partial charge in [-0.25, -0.2) is 4.98 Å². The average molecular weight is 363 g/mol. The summed E-state index contributed by atoms with van der Waals surface area (Å²) in [6.45, 7) is 2.17. The number of thiazole rings is 1. The molecule has 5 nitrogen and oxygen atoms in total. The summed E-state index contributed by atoms with van der Waals surface area (Å²) in [5, 5.41) is 14.8. The minimum Gasteiger partial charge on any atom is -0.377 e. The predicted octanol–water partition coefficient (Wildman–Crippen LogP) is 4.39. The van der Waals surface area contributed by atoms with Crippen molar-refractivity contribution >= 4 is 50.2 Å². The third-order valence-corrected chi connectivity index (χ3v) is 4.21. The highest BCUT2D eigenvalue weighted by Crippen LogP contribution is 2.31. The number of hydrogen-bond donors (Lipinski definition) is 1. The van der Waals surface area contributed by atoms with Gasteiger partial charge in [0.05, 0.1) is 23.4 Å². The molecule has 0 bridgehead atoms. The van der Waals surface area contributed by atoms with Crippen LogP contribution in [-0.2, 0) is 6.54 Å². The normalized spacial score (nSPS) is 10.5. The largest absolute Gasteiger partial charge is 0.377 e. The molecule has 0 spiro atoms. The number of hydrogen-bond acceptors (Lipinski definition) is 5. The van der Waals surface area contributed by atoms with E-state index in [1.165, 1.54) is 17.4 Å². The van der Waals surface area contributed by atoms with Crippen LogP contribution in [0.5, 0.6) is 0 Å². The SMILES string of the molecule is Cc1cc(Br)c(NCc2ncc(Cl)s2)cc1[N+](=O)[O-]. The van der Waals surface area contributed by atoms with Gasteiger partial charge in [0, 0.05) is 16.1 Å². The van der Waals surface area contributed by atoms with Crippen LogP contribution in [0.4, 0.5) is 11.4 Å². The average Bonchev–Trinajstić information content (AvgIpc) is 2.73. The smallest absolute Gasteiger partial charge is 0.274 e. The molecule has 100 valence electrons. The van der Waals surface area contributed by atoms with Gasteiger partial charge in [0.2, 0.25) is 0 Å². The Morgan fingerprint density at radius 3 is 2.89 bits per heavy atom. The molecular formula is C11H9BrClN3O2S. The van der Waals surface area contributed by atoms with E-state index in [4.69, 9.17) is 11.6 Å². The molecule has 0 saturated carbocycles. The summed E-state index contributed by atoms with van der Waals surface area (Å²) >= 11 is 10.5. The number of aryl methyl sites for hydroxylation is 1. The van der Waals surface area contributed by atoms with Gasteiger partial charge in [-0.3, -0.25) is 10.1 Å². The van der Waals surface area contributed by atoms with Gasteiger partial charge in [0.15, 0.2) is 0 Å². The summed E-state index contributed by atoms with van der Waals surface area (Å²) < 4.78 is 1.39. The van der Waals surface area contributed by atoms with E-state index in [0.29, 0.717) is 22.1 Å². The van der Waals surface area contributed by atoms with Crippen molar-refractivity contribution < 1.29 is 4.92 Å². The van der Waals surface area contributed by atoms with Crippen LogP contribution < -0.4 is 5.32 Å². The van der Waals surface area contributed by atoms with E-state index in [-0.39, 0.29) is 5.69 Å². The fraction of sp³-hybridized carbons (Fsp3) is 0.182. The number of nitrogens with one attached hydrogen (secondary N) is 1. The lowest BCUT2D eigenvalue weighted by Gasteiger charge is -2.08. The summed E-state index contributed by atoms with van der Waals surface area (Å²) in [5.41, 5.74) is 1.35. The van der Waals surface area contributed by atoms with Crippen molar-refractivity contribution in [2.45, 2.75) is 13.5 Å². The lowest BCUT2D eigenvalue weighted by Crippen LogP contribution is -2.01. The molecule has 0 aliphatic carbocycles. The van der Waals surface area contributed by atoms with Crippen molar-refractivity contribution in [2.75, 3.05) is 5.32 Å². The number of nitro groups is 1. The highest BCUT2D eigenvalue weighted by molar-refractivity contribution is 9.10. The van der Waals surface area contributed by atoms with Crippen molar-refractivity contribution in [3.63, 3.8) is 0 Å². The number of nitrogens with zero attached hydrogens (tertiary/aromatic N) is 2. The first-order valence-electron chi connectivity index (χ1n) is 5.26. The molecule has 1 aromatic carbocycles. The zero-order chi connectivity index (χ0) is 14.0. The maximum Gasteiger partial charge on any atom is 0.274 e. The molecule has 1 aromatic heterocycles. The van der Waals surface area contributed by atoms with Crippen LogP contribution in [0.2, 0.25) is 4.34 Å². The van der Waals surface area contributed by atoms with Crippen LogP contribution in [-0.4, -0.2) is 9.91 Å². The molecule has 0 radical (unpaired) electrons. The van der Waals surface area contributed by atoms with E-state index in [9.17, 15) is 10.1 Å². The van der Waals surface area contributed by atoms with Crippen molar-refractivity contribution in [1.29, 1.82) is 0 Å². The molecule has 1 heterocycles. The first-order valence-corrected chi connectivity index (χ1v) is 7.24. The molecule has 2 rings (SSSR count). The maximum absolute atomic E-state index is 10.9. The van der Waals surface area contributed by atoms with Gasteiger partial charge in [0.1, 0.15) is 9.34 Å². The molecule has 0 saturated heterocycles. The van der Waals surface area contributed by atoms with Gasteiger partial charge in [-0.1, -0.05) is 11.6 Å². The molecule has 0 aliphatic heterocycles. The molecule has 0 fully saturated rings. The first-order chi connectivity index (χ1) is 8.97. The summed E-state index contributed by atoms with van der Waals surface area (Å²) in [6, 6.07) is 3.23. The van der Waals surface area contributed by atoms with E-state index in [1.807, 2.05) is 0 Å². The molecule has 1 N–H and O–H groups in total. The van der Waals surface area contributed by atoms with E-state index in [2.05, 4.69) is 26.2 Å². The maximum atomic E-state index is 10.9. The first kappa shape index (κ1) is 14.2. The van der Waals surface area contributed by atoms with Crippen LogP contribution in [0.1, 0.15) is 10.6 Å². The molecule has 19 heavy (non-hydrogen) atoms. The minimum atomic E-state index is -0.396. The number of nitro benzene ring substituents is 1. The third kappa shape index (κ3) is 3.43. The molecule has 0 atom stereocenters. The van der Waals surface area contributed by atoms with Crippen LogP contribution in [0.25, 0.3) is 0 Å². The van der Waals surface area contributed by atoms with Crippen LogP contribution in [0.3, 0.4) is 0 Å². The van der Waals surface area contributed by atoms with Gasteiger partial charge in [0.25, 0.3) is 5.69 Å². The monoisotopic (exact) mass is 361 g/mol. The second kappa shape index (κ2) is 5.85. The van der Waals surface area contributed by atoms with Crippen LogP contribution in [0, 0.1) is 17.0 Å². The summed E-state index contributed by atoms with van der Waals surface area (Å²) in [7, 11) is 0. The summed E-state index contributed by atoms with van der Waals surface area (Å²) in [5.74, 6) is 0. The van der Waals surface area contributed by atoms with Crippen molar-refractivity contribution in [1.82, 2.24) is 4.98 Å². The lowest BCUT2D eigenvalue weighted by molar-refractivity contribution is -0.385. The Labute approximate surface area is 126 Å². The fourth-order valence-corrected chi connectivity index (χ4v) is 3.03. The number of halogens is 2. The topological polar surface area (TPSA) is 68.1 Å². The zero-order valence-electron chi connectivity index (χ0n) is 9.81. The highest BCUT2D eigenvalue weighted by atomic mass is 79.9. The van der Waals surface area contributed by atoms with Crippen molar-refractivity contribution in [3.8, 4) is 0 Å². The van der Waals surface area contributed by atoms with Crippen LogP contribution in [0.15, 0.2) is 22.8 Å². The summed E-state index contributed by atoms with van der Waals surface area (Å²) in [4.78, 5) is 14.6. The van der Waals surface area contributed by atoms with E-state index in [1.54, 1.807) is 19.2 Å². The van der Waals surface area contributed by atoms with E-state index >= 15 is 0 Å². The van der Waals surface area contributed by atoms with Gasteiger partial charge in [-0.2, -0.15) is 0 Å². The molecular weight excluding hydrogens is 354 g/mol. The number of aromatic nitrogens is 1. The van der Waals surface area contributed by atoms with E-state index < -0.39 is 4.92 Å². The standard InChI is InChI=1S/C11H9BrClN3O2S/c1-6-2-7(12)8(3-9(6)16(17)18)14-5-11-15-4-10(13)19-11/h2-4,14H,5H2,1H3. The van der Waals surface area contributed by atoms with E-state index in [0.717, 1.165) is 9.48 Å². The molecule has 0 unspecified atom stereocenters.